The summed E-state index contributed by atoms with van der Waals surface area (Å²) in [6, 6.07) is 0.288. The molecule has 0 bridgehead atoms. The molecule has 0 amide bonds. The lowest BCUT2D eigenvalue weighted by molar-refractivity contribution is 0.250. The second-order valence-corrected chi connectivity index (χ2v) is 2.83. The Bertz CT molecular complexity index is 251. The van der Waals surface area contributed by atoms with Crippen LogP contribution in [-0.4, -0.2) is 21.6 Å². The third-order valence-electron chi connectivity index (χ3n) is 1.11. The Morgan fingerprint density at radius 2 is 2.25 bits per heavy atom. The van der Waals surface area contributed by atoms with Gasteiger partial charge in [0.25, 0.3) is 0 Å². The van der Waals surface area contributed by atoms with Gasteiger partial charge < -0.3 is 10.5 Å². The van der Waals surface area contributed by atoms with Gasteiger partial charge in [-0.05, 0) is 5.92 Å². The second kappa shape index (κ2) is 3.85. The van der Waals surface area contributed by atoms with Crippen molar-refractivity contribution in [1.29, 1.82) is 0 Å². The maximum absolute atomic E-state index is 5.32. The number of nitrogens with zero attached hydrogens (tertiary/aromatic N) is 3. The van der Waals surface area contributed by atoms with Crippen molar-refractivity contribution in [1.82, 2.24) is 15.0 Å². The second-order valence-electron chi connectivity index (χ2n) is 2.83. The van der Waals surface area contributed by atoms with Gasteiger partial charge in [0.1, 0.15) is 6.33 Å². The topological polar surface area (TPSA) is 73.9 Å². The number of nitrogen functional groups attached to an aromatic ring is 1. The Morgan fingerprint density at radius 1 is 1.50 bits per heavy atom. The van der Waals surface area contributed by atoms with Gasteiger partial charge in [0, 0.05) is 0 Å². The Labute approximate surface area is 71.0 Å². The van der Waals surface area contributed by atoms with Crippen LogP contribution >= 0.6 is 0 Å². The lowest BCUT2D eigenvalue weighted by Crippen LogP contribution is -2.08. The number of aromatic nitrogens is 3. The van der Waals surface area contributed by atoms with Gasteiger partial charge in [-0.2, -0.15) is 9.97 Å². The molecule has 5 heteroatoms. The Kier molecular flexibility index (Phi) is 2.79. The highest BCUT2D eigenvalue weighted by atomic mass is 16.5. The molecule has 0 atom stereocenters. The van der Waals surface area contributed by atoms with Crippen molar-refractivity contribution in [3.8, 4) is 6.01 Å². The zero-order valence-corrected chi connectivity index (χ0v) is 7.19. The van der Waals surface area contributed by atoms with Crippen molar-refractivity contribution in [3.05, 3.63) is 6.33 Å². The lowest BCUT2D eigenvalue weighted by atomic mass is 10.2. The SMILES string of the molecule is CC(C)COc1ncnc(N)n1. The van der Waals surface area contributed by atoms with E-state index in [-0.39, 0.29) is 12.0 Å². The molecule has 1 aromatic heterocycles. The first-order chi connectivity index (χ1) is 5.68. The quantitative estimate of drug-likeness (QED) is 0.710. The molecule has 1 aromatic rings. The van der Waals surface area contributed by atoms with Gasteiger partial charge in [-0.25, -0.2) is 4.98 Å². The number of ether oxygens (including phenoxy) is 1. The monoisotopic (exact) mass is 168 g/mol. The maximum atomic E-state index is 5.32. The van der Waals surface area contributed by atoms with E-state index in [1.165, 1.54) is 6.33 Å². The normalized spacial score (nSPS) is 10.2. The van der Waals surface area contributed by atoms with Crippen LogP contribution in [0.3, 0.4) is 0 Å². The minimum atomic E-state index is 0.184. The van der Waals surface area contributed by atoms with Crippen molar-refractivity contribution in [2.24, 2.45) is 5.92 Å². The standard InChI is InChI=1S/C7H12N4O/c1-5(2)3-12-7-10-4-9-6(8)11-7/h4-5H,3H2,1-2H3,(H2,8,9,10,11). The molecule has 0 aliphatic rings. The summed E-state index contributed by atoms with van der Waals surface area (Å²) in [6.07, 6.45) is 1.33. The first kappa shape index (κ1) is 8.70. The number of rotatable bonds is 3. The van der Waals surface area contributed by atoms with Gasteiger partial charge in [0.05, 0.1) is 6.61 Å². The third kappa shape index (κ3) is 2.69. The summed E-state index contributed by atoms with van der Waals surface area (Å²) in [5.74, 6) is 0.631. The highest BCUT2D eigenvalue weighted by molar-refractivity contribution is 5.14. The molecule has 0 fully saturated rings. The molecule has 0 unspecified atom stereocenters. The van der Waals surface area contributed by atoms with Gasteiger partial charge >= 0.3 is 6.01 Å². The summed E-state index contributed by atoms with van der Waals surface area (Å²) in [7, 11) is 0. The predicted octanol–water partition coefficient (Wildman–Crippen LogP) is 0.489. The van der Waals surface area contributed by atoms with Crippen LogP contribution in [0.5, 0.6) is 6.01 Å². The molecule has 0 aromatic carbocycles. The van der Waals surface area contributed by atoms with E-state index in [2.05, 4.69) is 15.0 Å². The summed E-state index contributed by atoms with van der Waals surface area (Å²) in [4.78, 5) is 11.2. The zero-order valence-electron chi connectivity index (χ0n) is 7.19. The smallest absolute Gasteiger partial charge is 0.321 e. The average Bonchev–Trinajstić information content (AvgIpc) is 2.01. The van der Waals surface area contributed by atoms with Crippen LogP contribution in [-0.2, 0) is 0 Å². The van der Waals surface area contributed by atoms with E-state index in [0.717, 1.165) is 0 Å². The van der Waals surface area contributed by atoms with E-state index in [9.17, 15) is 0 Å². The molecular formula is C7H12N4O. The number of hydrogen-bond donors (Lipinski definition) is 1. The average molecular weight is 168 g/mol. The van der Waals surface area contributed by atoms with Crippen molar-refractivity contribution in [2.75, 3.05) is 12.3 Å². The maximum Gasteiger partial charge on any atom is 0.321 e. The third-order valence-corrected chi connectivity index (χ3v) is 1.11. The van der Waals surface area contributed by atoms with Crippen LogP contribution in [0.1, 0.15) is 13.8 Å². The van der Waals surface area contributed by atoms with Crippen LogP contribution in [0.25, 0.3) is 0 Å². The molecule has 2 N–H and O–H groups in total. The minimum absolute atomic E-state index is 0.184. The molecule has 0 aliphatic heterocycles. The minimum Gasteiger partial charge on any atom is -0.463 e. The van der Waals surface area contributed by atoms with Crippen molar-refractivity contribution in [2.45, 2.75) is 13.8 Å². The Balaban J connectivity index is 2.52. The van der Waals surface area contributed by atoms with Crippen LogP contribution < -0.4 is 10.5 Å². The first-order valence-electron chi connectivity index (χ1n) is 3.76. The molecule has 0 aliphatic carbocycles. The fourth-order valence-electron chi connectivity index (χ4n) is 0.604. The molecule has 5 nitrogen and oxygen atoms in total. The first-order valence-corrected chi connectivity index (χ1v) is 3.76. The molecule has 0 spiro atoms. The van der Waals surface area contributed by atoms with Crippen LogP contribution in [0, 0.1) is 5.92 Å². The summed E-state index contributed by atoms with van der Waals surface area (Å²) >= 11 is 0. The number of anilines is 1. The van der Waals surface area contributed by atoms with E-state index < -0.39 is 0 Å². The van der Waals surface area contributed by atoms with E-state index >= 15 is 0 Å². The molecule has 0 saturated carbocycles. The molecular weight excluding hydrogens is 156 g/mol. The highest BCUT2D eigenvalue weighted by Crippen LogP contribution is 2.02. The van der Waals surface area contributed by atoms with Crippen LogP contribution in [0.2, 0.25) is 0 Å². The van der Waals surface area contributed by atoms with Crippen molar-refractivity contribution in [3.63, 3.8) is 0 Å². The molecule has 66 valence electrons. The van der Waals surface area contributed by atoms with Crippen LogP contribution in [0.15, 0.2) is 6.33 Å². The number of hydrogen-bond acceptors (Lipinski definition) is 5. The lowest BCUT2D eigenvalue weighted by Gasteiger charge is -2.05. The van der Waals surface area contributed by atoms with Crippen molar-refractivity contribution < 1.29 is 4.74 Å². The number of nitrogens with two attached hydrogens (primary N) is 1. The summed E-state index contributed by atoms with van der Waals surface area (Å²) in [6.45, 7) is 4.68. The van der Waals surface area contributed by atoms with Gasteiger partial charge in [-0.1, -0.05) is 13.8 Å². The summed E-state index contributed by atoms with van der Waals surface area (Å²) < 4.78 is 5.21. The van der Waals surface area contributed by atoms with E-state index in [0.29, 0.717) is 12.5 Å². The fraction of sp³-hybridized carbons (Fsp3) is 0.571. The molecule has 1 heterocycles. The molecule has 12 heavy (non-hydrogen) atoms. The summed E-state index contributed by atoms with van der Waals surface area (Å²) in [5.41, 5.74) is 5.32. The van der Waals surface area contributed by atoms with Crippen molar-refractivity contribution >= 4 is 5.95 Å². The fourth-order valence-corrected chi connectivity index (χ4v) is 0.604. The van der Waals surface area contributed by atoms with E-state index in [1.807, 2.05) is 13.8 Å². The van der Waals surface area contributed by atoms with Gasteiger partial charge in [-0.3, -0.25) is 0 Å². The molecule has 1 rings (SSSR count). The van der Waals surface area contributed by atoms with Crippen LogP contribution in [0.4, 0.5) is 5.95 Å². The van der Waals surface area contributed by atoms with Gasteiger partial charge in [-0.15, -0.1) is 0 Å². The molecule has 0 saturated heterocycles. The van der Waals surface area contributed by atoms with Gasteiger partial charge in [0.2, 0.25) is 5.95 Å². The van der Waals surface area contributed by atoms with Gasteiger partial charge in [0.15, 0.2) is 0 Å². The molecule has 0 radical (unpaired) electrons. The van der Waals surface area contributed by atoms with E-state index in [4.69, 9.17) is 10.5 Å². The Morgan fingerprint density at radius 3 is 2.83 bits per heavy atom. The van der Waals surface area contributed by atoms with E-state index in [1.54, 1.807) is 0 Å². The summed E-state index contributed by atoms with van der Waals surface area (Å²) in [5, 5.41) is 0. The highest BCUT2D eigenvalue weighted by Gasteiger charge is 1.99. The largest absolute Gasteiger partial charge is 0.463 e. The predicted molar refractivity (Wildman–Crippen MR) is 44.6 cm³/mol. The zero-order chi connectivity index (χ0) is 8.97. The Hall–Kier alpha value is -1.39.